The Balaban J connectivity index is 1.54. The Hall–Kier alpha value is -3.35. The number of alkyl carbamates (subject to hydrolysis) is 1. The molecular formula is C25H30N2O5. The lowest BCUT2D eigenvalue weighted by Crippen LogP contribution is -2.41. The van der Waals surface area contributed by atoms with E-state index in [1.165, 1.54) is 4.90 Å². The van der Waals surface area contributed by atoms with Crippen molar-refractivity contribution in [1.29, 1.82) is 0 Å². The molecule has 0 fully saturated rings. The van der Waals surface area contributed by atoms with E-state index in [0.29, 0.717) is 6.54 Å². The monoisotopic (exact) mass is 438 g/mol. The van der Waals surface area contributed by atoms with Gasteiger partial charge in [0.25, 0.3) is 0 Å². The van der Waals surface area contributed by atoms with Gasteiger partial charge in [-0.05, 0) is 36.1 Å². The molecule has 0 bridgehead atoms. The average molecular weight is 439 g/mol. The van der Waals surface area contributed by atoms with E-state index < -0.39 is 24.0 Å². The molecule has 2 aromatic rings. The number of fused-ring (bicyclic) bond motifs is 3. The van der Waals surface area contributed by atoms with Crippen molar-refractivity contribution in [2.24, 2.45) is 5.92 Å². The minimum Gasteiger partial charge on any atom is -0.481 e. The molecule has 32 heavy (non-hydrogen) atoms. The van der Waals surface area contributed by atoms with Gasteiger partial charge in [0, 0.05) is 31.5 Å². The smallest absolute Gasteiger partial charge is 0.407 e. The largest absolute Gasteiger partial charge is 0.481 e. The molecule has 0 aromatic heterocycles. The number of carbonyl (C=O) groups excluding carboxylic acids is 2. The van der Waals surface area contributed by atoms with E-state index in [9.17, 15) is 14.4 Å². The SMILES string of the molecule is CCN(CC(C)C(=O)O)C(=O)C[C@H](C)NC(=O)OCC1c2ccccc2-c2ccccc21. The van der Waals surface area contributed by atoms with Crippen LogP contribution in [0, 0.1) is 5.92 Å². The highest BCUT2D eigenvalue weighted by molar-refractivity contribution is 5.80. The number of carboxylic acid groups (broad SMARTS) is 1. The van der Waals surface area contributed by atoms with Crippen molar-refractivity contribution in [1.82, 2.24) is 10.2 Å². The third-order valence-corrected chi connectivity index (χ3v) is 5.84. The quantitative estimate of drug-likeness (QED) is 0.620. The minimum atomic E-state index is -0.943. The number of carboxylic acids is 1. The summed E-state index contributed by atoms with van der Waals surface area (Å²) in [5.41, 5.74) is 4.59. The summed E-state index contributed by atoms with van der Waals surface area (Å²) in [4.78, 5) is 37.5. The van der Waals surface area contributed by atoms with E-state index in [1.807, 2.05) is 24.3 Å². The number of benzene rings is 2. The van der Waals surface area contributed by atoms with Crippen LogP contribution in [0.3, 0.4) is 0 Å². The Morgan fingerprint density at radius 1 is 1.03 bits per heavy atom. The maximum Gasteiger partial charge on any atom is 0.407 e. The van der Waals surface area contributed by atoms with Crippen molar-refractivity contribution >= 4 is 18.0 Å². The van der Waals surface area contributed by atoms with Crippen molar-refractivity contribution in [3.05, 3.63) is 59.7 Å². The van der Waals surface area contributed by atoms with Crippen molar-refractivity contribution in [2.45, 2.75) is 39.2 Å². The Morgan fingerprint density at radius 3 is 2.12 bits per heavy atom. The molecule has 2 aromatic carbocycles. The highest BCUT2D eigenvalue weighted by Crippen LogP contribution is 2.44. The highest BCUT2D eigenvalue weighted by atomic mass is 16.5. The maximum atomic E-state index is 12.5. The Labute approximate surface area is 188 Å². The first-order valence-electron chi connectivity index (χ1n) is 10.9. The molecule has 170 valence electrons. The lowest BCUT2D eigenvalue weighted by Gasteiger charge is -2.24. The van der Waals surface area contributed by atoms with Crippen LogP contribution in [0.1, 0.15) is 44.2 Å². The summed E-state index contributed by atoms with van der Waals surface area (Å²) in [5, 5.41) is 11.8. The van der Waals surface area contributed by atoms with Gasteiger partial charge in [0.2, 0.25) is 5.91 Å². The number of hydrogen-bond donors (Lipinski definition) is 2. The molecule has 2 atom stereocenters. The van der Waals surface area contributed by atoms with Crippen LogP contribution in [0.5, 0.6) is 0 Å². The second kappa shape index (κ2) is 10.3. The van der Waals surface area contributed by atoms with Gasteiger partial charge in [0.05, 0.1) is 5.92 Å². The van der Waals surface area contributed by atoms with Gasteiger partial charge >= 0.3 is 12.1 Å². The first kappa shape index (κ1) is 23.3. The van der Waals surface area contributed by atoms with Gasteiger partial charge in [-0.1, -0.05) is 55.5 Å². The molecule has 2 amide bonds. The fourth-order valence-corrected chi connectivity index (χ4v) is 4.10. The van der Waals surface area contributed by atoms with Crippen molar-refractivity contribution in [3.63, 3.8) is 0 Å². The normalized spacial score (nSPS) is 14.1. The van der Waals surface area contributed by atoms with Crippen LogP contribution in [0.15, 0.2) is 48.5 Å². The number of nitrogens with zero attached hydrogens (tertiary/aromatic N) is 1. The van der Waals surface area contributed by atoms with Crippen molar-refractivity contribution in [3.8, 4) is 11.1 Å². The number of nitrogens with one attached hydrogen (secondary N) is 1. The summed E-state index contributed by atoms with van der Waals surface area (Å²) < 4.78 is 5.52. The predicted molar refractivity (Wildman–Crippen MR) is 121 cm³/mol. The van der Waals surface area contributed by atoms with Gasteiger partial charge in [0.1, 0.15) is 6.61 Å². The number of amides is 2. The second-order valence-corrected chi connectivity index (χ2v) is 8.25. The Kier molecular flexibility index (Phi) is 7.51. The molecule has 1 aliphatic carbocycles. The zero-order valence-corrected chi connectivity index (χ0v) is 18.7. The molecule has 0 radical (unpaired) electrons. The molecule has 7 nitrogen and oxygen atoms in total. The van der Waals surface area contributed by atoms with E-state index in [0.717, 1.165) is 22.3 Å². The van der Waals surface area contributed by atoms with E-state index >= 15 is 0 Å². The lowest BCUT2D eigenvalue weighted by atomic mass is 9.98. The molecule has 0 spiro atoms. The lowest BCUT2D eigenvalue weighted by molar-refractivity contribution is -0.143. The molecule has 0 heterocycles. The molecule has 0 saturated carbocycles. The van der Waals surface area contributed by atoms with Crippen LogP contribution < -0.4 is 5.32 Å². The molecule has 3 rings (SSSR count). The van der Waals surface area contributed by atoms with E-state index in [-0.39, 0.29) is 31.4 Å². The molecular weight excluding hydrogens is 408 g/mol. The van der Waals surface area contributed by atoms with Gasteiger partial charge in [-0.2, -0.15) is 0 Å². The summed E-state index contributed by atoms with van der Waals surface area (Å²) in [6, 6.07) is 15.8. The zero-order chi connectivity index (χ0) is 23.3. The molecule has 0 aliphatic heterocycles. The van der Waals surface area contributed by atoms with E-state index in [4.69, 9.17) is 9.84 Å². The van der Waals surface area contributed by atoms with Crippen LogP contribution in [0.25, 0.3) is 11.1 Å². The van der Waals surface area contributed by atoms with Gasteiger partial charge in [-0.3, -0.25) is 9.59 Å². The topological polar surface area (TPSA) is 95.9 Å². The van der Waals surface area contributed by atoms with Gasteiger partial charge in [0.15, 0.2) is 0 Å². The van der Waals surface area contributed by atoms with Gasteiger partial charge in [-0.25, -0.2) is 4.79 Å². The number of rotatable bonds is 9. The molecule has 1 aliphatic rings. The van der Waals surface area contributed by atoms with Crippen LogP contribution in [-0.2, 0) is 14.3 Å². The van der Waals surface area contributed by atoms with Gasteiger partial charge in [-0.15, -0.1) is 0 Å². The summed E-state index contributed by atoms with van der Waals surface area (Å²) >= 11 is 0. The Bertz CT molecular complexity index is 944. The minimum absolute atomic E-state index is 0.0295. The first-order chi connectivity index (χ1) is 15.3. The predicted octanol–water partition coefficient (Wildman–Crippen LogP) is 3.87. The van der Waals surface area contributed by atoms with Crippen LogP contribution in [-0.4, -0.2) is 53.7 Å². The second-order valence-electron chi connectivity index (χ2n) is 8.25. The van der Waals surface area contributed by atoms with Gasteiger partial charge < -0.3 is 20.1 Å². The standard InChI is InChI=1S/C25H30N2O5/c1-4-27(14-16(2)24(29)30)23(28)13-17(3)26-25(31)32-15-22-20-11-7-5-9-18(20)19-10-6-8-12-21(19)22/h5-12,16-17,22H,4,13-15H2,1-3H3,(H,26,31)(H,29,30)/t16?,17-/m0/s1. The number of carbonyl (C=O) groups is 3. The van der Waals surface area contributed by atoms with Crippen LogP contribution >= 0.6 is 0 Å². The third-order valence-electron chi connectivity index (χ3n) is 5.84. The first-order valence-corrected chi connectivity index (χ1v) is 10.9. The summed E-state index contributed by atoms with van der Waals surface area (Å²) in [7, 11) is 0. The molecule has 0 saturated heterocycles. The van der Waals surface area contributed by atoms with E-state index in [2.05, 4.69) is 29.6 Å². The summed E-state index contributed by atoms with van der Waals surface area (Å²) in [6.45, 7) is 5.86. The van der Waals surface area contributed by atoms with E-state index in [1.54, 1.807) is 20.8 Å². The third kappa shape index (κ3) is 5.28. The maximum absolute atomic E-state index is 12.5. The molecule has 2 N–H and O–H groups in total. The molecule has 7 heteroatoms. The number of aliphatic carboxylic acids is 1. The van der Waals surface area contributed by atoms with Crippen LogP contribution in [0.2, 0.25) is 0 Å². The zero-order valence-electron chi connectivity index (χ0n) is 18.7. The fourth-order valence-electron chi connectivity index (χ4n) is 4.10. The number of hydrogen-bond acceptors (Lipinski definition) is 4. The van der Waals surface area contributed by atoms with Crippen molar-refractivity contribution in [2.75, 3.05) is 19.7 Å². The van der Waals surface area contributed by atoms with Crippen molar-refractivity contribution < 1.29 is 24.2 Å². The number of ether oxygens (including phenoxy) is 1. The Morgan fingerprint density at radius 2 is 1.59 bits per heavy atom. The van der Waals surface area contributed by atoms with Crippen LogP contribution in [0.4, 0.5) is 4.79 Å². The summed E-state index contributed by atoms with van der Waals surface area (Å²) in [6.07, 6.45) is -0.501. The fraction of sp³-hybridized carbons (Fsp3) is 0.400. The average Bonchev–Trinajstić information content (AvgIpc) is 3.09. The highest BCUT2D eigenvalue weighted by Gasteiger charge is 2.29. The summed E-state index contributed by atoms with van der Waals surface area (Å²) in [5.74, 6) is -1.82. The molecule has 1 unspecified atom stereocenters.